The van der Waals surface area contributed by atoms with E-state index in [1.54, 1.807) is 19.2 Å². The molecule has 142 valence electrons. The third kappa shape index (κ3) is 3.99. The van der Waals surface area contributed by atoms with Gasteiger partial charge in [-0.25, -0.2) is 4.39 Å². The van der Waals surface area contributed by atoms with E-state index < -0.39 is 0 Å². The topological polar surface area (TPSA) is 54.9 Å². The summed E-state index contributed by atoms with van der Waals surface area (Å²) in [6.45, 7) is 1.80. The monoisotopic (exact) mass is 369 g/mol. The van der Waals surface area contributed by atoms with Gasteiger partial charge in [0.05, 0.1) is 0 Å². The van der Waals surface area contributed by atoms with Gasteiger partial charge in [0.25, 0.3) is 0 Å². The van der Waals surface area contributed by atoms with Crippen molar-refractivity contribution in [2.45, 2.75) is 24.7 Å². The van der Waals surface area contributed by atoms with E-state index >= 15 is 0 Å². The highest BCUT2D eigenvalue weighted by Crippen LogP contribution is 2.47. The molecule has 0 aromatic heterocycles. The van der Waals surface area contributed by atoms with Gasteiger partial charge in [0, 0.05) is 25.6 Å². The van der Waals surface area contributed by atoms with Crippen molar-refractivity contribution in [3.8, 4) is 11.5 Å². The Hall–Kier alpha value is -2.76. The minimum atomic E-state index is -0.176. The Balaban J connectivity index is 1.28. The van der Waals surface area contributed by atoms with Crippen LogP contribution in [0.4, 0.5) is 4.39 Å². The molecule has 0 amide bonds. The fourth-order valence-corrected chi connectivity index (χ4v) is 3.43. The number of nitrogens with one attached hydrogen (secondary N) is 2. The third-order valence-electron chi connectivity index (χ3n) is 5.25. The Kier molecular flexibility index (Phi) is 4.88. The van der Waals surface area contributed by atoms with Crippen LogP contribution in [-0.4, -0.2) is 32.9 Å². The van der Waals surface area contributed by atoms with Gasteiger partial charge < -0.3 is 20.1 Å². The van der Waals surface area contributed by atoms with Crippen molar-refractivity contribution in [1.82, 2.24) is 10.6 Å². The molecule has 2 aromatic rings. The second-order valence-corrected chi connectivity index (χ2v) is 7.08. The number of aliphatic imine (C=N–C) groups is 1. The molecule has 0 radical (unpaired) electrons. The molecule has 1 saturated carbocycles. The lowest BCUT2D eigenvalue weighted by atomic mass is 9.96. The zero-order valence-electron chi connectivity index (χ0n) is 15.4. The minimum absolute atomic E-state index is 0.0248. The summed E-state index contributed by atoms with van der Waals surface area (Å²) < 4.78 is 24.3. The molecule has 0 bridgehead atoms. The maximum Gasteiger partial charge on any atom is 0.231 e. The summed E-state index contributed by atoms with van der Waals surface area (Å²) >= 11 is 0. The smallest absolute Gasteiger partial charge is 0.231 e. The van der Waals surface area contributed by atoms with Crippen molar-refractivity contribution >= 4 is 5.96 Å². The summed E-state index contributed by atoms with van der Waals surface area (Å²) in [7, 11) is 1.76. The predicted molar refractivity (Wildman–Crippen MR) is 103 cm³/mol. The van der Waals surface area contributed by atoms with Crippen molar-refractivity contribution < 1.29 is 13.9 Å². The lowest BCUT2D eigenvalue weighted by Gasteiger charge is -2.19. The zero-order chi connectivity index (χ0) is 18.7. The molecule has 5 nitrogen and oxygen atoms in total. The maximum atomic E-state index is 13.5. The van der Waals surface area contributed by atoms with E-state index in [0.29, 0.717) is 6.79 Å². The van der Waals surface area contributed by atoms with E-state index in [0.717, 1.165) is 55.4 Å². The molecule has 0 saturated heterocycles. The molecule has 1 heterocycles. The molecule has 1 aliphatic carbocycles. The van der Waals surface area contributed by atoms with E-state index in [9.17, 15) is 4.39 Å². The highest BCUT2D eigenvalue weighted by atomic mass is 19.1. The fourth-order valence-electron chi connectivity index (χ4n) is 3.43. The van der Waals surface area contributed by atoms with Gasteiger partial charge in [0.1, 0.15) is 5.82 Å². The number of halogens is 1. The third-order valence-corrected chi connectivity index (χ3v) is 5.25. The first-order valence-corrected chi connectivity index (χ1v) is 9.28. The Labute approximate surface area is 158 Å². The first-order valence-electron chi connectivity index (χ1n) is 9.28. The maximum absolute atomic E-state index is 13.5. The van der Waals surface area contributed by atoms with Crippen LogP contribution < -0.4 is 20.1 Å². The Morgan fingerprint density at radius 2 is 1.96 bits per heavy atom. The molecule has 1 fully saturated rings. The van der Waals surface area contributed by atoms with E-state index in [2.05, 4.69) is 21.7 Å². The number of fused-ring (bicyclic) bond motifs is 1. The average molecular weight is 369 g/mol. The van der Waals surface area contributed by atoms with Crippen LogP contribution in [0, 0.1) is 5.82 Å². The van der Waals surface area contributed by atoms with Gasteiger partial charge in [-0.05, 0) is 54.7 Å². The Bertz CT molecular complexity index is 849. The van der Waals surface area contributed by atoms with Gasteiger partial charge in [-0.3, -0.25) is 4.99 Å². The summed E-state index contributed by atoms with van der Waals surface area (Å²) in [5.41, 5.74) is 2.27. The average Bonchev–Trinajstić information content (AvgIpc) is 3.33. The van der Waals surface area contributed by atoms with Crippen LogP contribution in [0.3, 0.4) is 0 Å². The molecule has 6 heteroatoms. The Morgan fingerprint density at radius 1 is 1.11 bits per heavy atom. The van der Waals surface area contributed by atoms with E-state index in [-0.39, 0.29) is 11.2 Å². The number of benzene rings is 2. The summed E-state index contributed by atoms with van der Waals surface area (Å²) in [4.78, 5) is 4.29. The first-order chi connectivity index (χ1) is 13.2. The van der Waals surface area contributed by atoms with E-state index in [1.807, 2.05) is 18.2 Å². The quantitative estimate of drug-likeness (QED) is 0.607. The van der Waals surface area contributed by atoms with Crippen LogP contribution in [0.5, 0.6) is 11.5 Å². The minimum Gasteiger partial charge on any atom is -0.454 e. The van der Waals surface area contributed by atoms with Crippen LogP contribution in [0.1, 0.15) is 24.0 Å². The van der Waals surface area contributed by atoms with Crippen LogP contribution in [0.2, 0.25) is 0 Å². The highest BCUT2D eigenvalue weighted by Gasteiger charge is 2.44. The van der Waals surface area contributed by atoms with Gasteiger partial charge in [0.2, 0.25) is 6.79 Å². The van der Waals surface area contributed by atoms with Gasteiger partial charge in [0.15, 0.2) is 17.5 Å². The molecule has 0 unspecified atom stereocenters. The normalized spacial score (nSPS) is 16.9. The summed E-state index contributed by atoms with van der Waals surface area (Å²) in [6.07, 6.45) is 2.99. The molecule has 2 N–H and O–H groups in total. The van der Waals surface area contributed by atoms with Gasteiger partial charge >= 0.3 is 0 Å². The summed E-state index contributed by atoms with van der Waals surface area (Å²) in [5.74, 6) is 2.19. The number of nitrogens with zero attached hydrogens (tertiary/aromatic N) is 1. The number of rotatable bonds is 6. The fraction of sp³-hybridized carbons (Fsp3) is 0.381. The summed E-state index contributed by atoms with van der Waals surface area (Å²) in [5, 5.41) is 6.73. The predicted octanol–water partition coefficient (Wildman–Crippen LogP) is 2.99. The number of ether oxygens (including phenoxy) is 2. The van der Waals surface area contributed by atoms with Crippen molar-refractivity contribution in [1.29, 1.82) is 0 Å². The largest absolute Gasteiger partial charge is 0.454 e. The molecular weight excluding hydrogens is 345 g/mol. The highest BCUT2D eigenvalue weighted by molar-refractivity contribution is 5.79. The SMILES string of the molecule is CN=C(NCCc1ccc2c(c1)OCO2)NCC1(c2cccc(F)c2)CC1. The van der Waals surface area contributed by atoms with Crippen LogP contribution in [-0.2, 0) is 11.8 Å². The second-order valence-electron chi connectivity index (χ2n) is 7.08. The number of hydrogen-bond donors (Lipinski definition) is 2. The van der Waals surface area contributed by atoms with Gasteiger partial charge in [-0.1, -0.05) is 18.2 Å². The molecule has 4 rings (SSSR count). The molecule has 27 heavy (non-hydrogen) atoms. The van der Waals surface area contributed by atoms with Crippen molar-refractivity contribution in [2.24, 2.45) is 4.99 Å². The van der Waals surface area contributed by atoms with Gasteiger partial charge in [-0.15, -0.1) is 0 Å². The molecular formula is C21H24FN3O2. The van der Waals surface area contributed by atoms with Crippen LogP contribution >= 0.6 is 0 Å². The van der Waals surface area contributed by atoms with Gasteiger partial charge in [-0.2, -0.15) is 0 Å². The Morgan fingerprint density at radius 3 is 2.74 bits per heavy atom. The standard InChI is InChI=1S/C21H24FN3O2/c1-23-20(24-10-7-15-5-6-18-19(11-15)27-14-26-18)25-13-21(8-9-21)16-3-2-4-17(22)12-16/h2-6,11-12H,7-10,13-14H2,1H3,(H2,23,24,25). The number of hydrogen-bond acceptors (Lipinski definition) is 3. The molecule has 1 aliphatic heterocycles. The molecule has 2 aliphatic rings. The lowest BCUT2D eigenvalue weighted by Crippen LogP contribution is -2.42. The molecule has 0 atom stereocenters. The zero-order valence-corrected chi connectivity index (χ0v) is 15.4. The van der Waals surface area contributed by atoms with Crippen molar-refractivity contribution in [3.05, 3.63) is 59.4 Å². The van der Waals surface area contributed by atoms with Crippen LogP contribution in [0.15, 0.2) is 47.5 Å². The molecule has 0 spiro atoms. The summed E-state index contributed by atoms with van der Waals surface area (Å²) in [6, 6.07) is 12.9. The lowest BCUT2D eigenvalue weighted by molar-refractivity contribution is 0.174. The van der Waals surface area contributed by atoms with E-state index in [4.69, 9.17) is 9.47 Å². The molecule has 2 aromatic carbocycles. The van der Waals surface area contributed by atoms with Crippen LogP contribution in [0.25, 0.3) is 0 Å². The van der Waals surface area contributed by atoms with Crippen molar-refractivity contribution in [3.63, 3.8) is 0 Å². The number of guanidine groups is 1. The van der Waals surface area contributed by atoms with Crippen molar-refractivity contribution in [2.75, 3.05) is 26.9 Å². The van der Waals surface area contributed by atoms with E-state index in [1.165, 1.54) is 11.6 Å². The first kappa shape index (κ1) is 17.6. The second kappa shape index (κ2) is 7.47.